The maximum atomic E-state index is 4.11. The van der Waals surface area contributed by atoms with Gasteiger partial charge in [-0.25, -0.2) is 0 Å². The van der Waals surface area contributed by atoms with Crippen LogP contribution in [0.3, 0.4) is 0 Å². The van der Waals surface area contributed by atoms with E-state index in [-0.39, 0.29) is 5.41 Å². The molecule has 2 aromatic rings. The molecule has 0 bridgehead atoms. The predicted molar refractivity (Wildman–Crippen MR) is 106 cm³/mol. The van der Waals surface area contributed by atoms with Gasteiger partial charge < -0.3 is 4.40 Å². The highest BCUT2D eigenvalue weighted by atomic mass is 15.2. The summed E-state index contributed by atoms with van der Waals surface area (Å²) in [5.41, 5.74) is 6.24. The van der Waals surface area contributed by atoms with Crippen molar-refractivity contribution in [3.63, 3.8) is 0 Å². The fourth-order valence-corrected chi connectivity index (χ4v) is 5.55. The number of likely N-dealkylation sites (tertiary alicyclic amines) is 1. The monoisotopic (exact) mass is 334 g/mol. The Hall–Kier alpha value is -1.80. The molecule has 1 aliphatic heterocycles. The van der Waals surface area contributed by atoms with Gasteiger partial charge in [0.1, 0.15) is 0 Å². The maximum absolute atomic E-state index is 4.11. The average molecular weight is 335 g/mol. The third kappa shape index (κ3) is 2.50. The molecular weight excluding hydrogens is 304 g/mol. The van der Waals surface area contributed by atoms with E-state index in [4.69, 9.17) is 0 Å². The fourth-order valence-electron chi connectivity index (χ4n) is 5.55. The molecule has 2 aliphatic rings. The Kier molecular flexibility index (Phi) is 4.33. The molecule has 0 amide bonds. The molecule has 1 aliphatic carbocycles. The molecule has 2 aromatic heterocycles. The molecular formula is C23H30N2. The smallest absolute Gasteiger partial charge is 0.0485 e. The Morgan fingerprint density at radius 1 is 1.16 bits per heavy atom. The first kappa shape index (κ1) is 16.7. The summed E-state index contributed by atoms with van der Waals surface area (Å²) >= 11 is 0. The normalized spacial score (nSPS) is 22.8. The summed E-state index contributed by atoms with van der Waals surface area (Å²) in [6, 6.07) is 7.10. The van der Waals surface area contributed by atoms with Crippen molar-refractivity contribution in [3.8, 4) is 0 Å². The van der Waals surface area contributed by atoms with Crippen LogP contribution in [0, 0.1) is 12.3 Å². The molecule has 4 rings (SSSR count). The lowest BCUT2D eigenvalue weighted by atomic mass is 9.64. The van der Waals surface area contributed by atoms with Crippen LogP contribution < -0.4 is 0 Å². The number of allylic oxidation sites excluding steroid dienone is 2. The van der Waals surface area contributed by atoms with E-state index in [0.29, 0.717) is 6.04 Å². The SMILES string of the molecule is C=CCC1(CC=C)CCc2c(c(C)c3ccccn23)C1N1CCCC1. The van der Waals surface area contributed by atoms with Crippen LogP contribution in [0.25, 0.3) is 5.52 Å². The van der Waals surface area contributed by atoms with Gasteiger partial charge in [0.05, 0.1) is 0 Å². The van der Waals surface area contributed by atoms with Gasteiger partial charge in [-0.2, -0.15) is 0 Å². The lowest BCUT2D eigenvalue weighted by molar-refractivity contribution is 0.0627. The summed E-state index contributed by atoms with van der Waals surface area (Å²) < 4.78 is 2.44. The quantitative estimate of drug-likeness (QED) is 0.658. The van der Waals surface area contributed by atoms with E-state index in [2.05, 4.69) is 65.9 Å². The number of hydrogen-bond acceptors (Lipinski definition) is 1. The first-order chi connectivity index (χ1) is 12.2. The van der Waals surface area contributed by atoms with E-state index in [0.717, 1.165) is 19.3 Å². The van der Waals surface area contributed by atoms with E-state index in [1.54, 1.807) is 5.56 Å². The molecule has 132 valence electrons. The fraction of sp³-hybridized carbons (Fsp3) is 0.478. The highest BCUT2D eigenvalue weighted by Gasteiger charge is 2.47. The van der Waals surface area contributed by atoms with Gasteiger partial charge in [0, 0.05) is 23.4 Å². The summed E-state index contributed by atoms with van der Waals surface area (Å²) in [6.45, 7) is 13.0. The molecule has 3 heterocycles. The Morgan fingerprint density at radius 2 is 1.88 bits per heavy atom. The van der Waals surface area contributed by atoms with Gasteiger partial charge in [0.25, 0.3) is 0 Å². The van der Waals surface area contributed by atoms with Gasteiger partial charge in [0.2, 0.25) is 0 Å². The molecule has 2 nitrogen and oxygen atoms in total. The lowest BCUT2D eigenvalue weighted by Gasteiger charge is -2.48. The highest BCUT2D eigenvalue weighted by molar-refractivity contribution is 5.63. The zero-order chi connectivity index (χ0) is 17.4. The van der Waals surface area contributed by atoms with Crippen molar-refractivity contribution >= 4 is 5.52 Å². The van der Waals surface area contributed by atoms with Crippen molar-refractivity contribution in [2.24, 2.45) is 5.41 Å². The van der Waals surface area contributed by atoms with Gasteiger partial charge >= 0.3 is 0 Å². The first-order valence-electron chi connectivity index (χ1n) is 9.76. The van der Waals surface area contributed by atoms with Crippen LogP contribution in [-0.2, 0) is 6.42 Å². The van der Waals surface area contributed by atoms with Crippen molar-refractivity contribution in [2.45, 2.75) is 51.5 Å². The van der Waals surface area contributed by atoms with Crippen LogP contribution in [0.2, 0.25) is 0 Å². The largest absolute Gasteiger partial charge is 0.320 e. The Balaban J connectivity index is 1.94. The molecule has 0 N–H and O–H groups in total. The van der Waals surface area contributed by atoms with Gasteiger partial charge in [-0.3, -0.25) is 4.90 Å². The van der Waals surface area contributed by atoms with Gasteiger partial charge in [0.15, 0.2) is 0 Å². The minimum absolute atomic E-state index is 0.247. The Bertz CT molecular complexity index is 782. The first-order valence-corrected chi connectivity index (χ1v) is 9.76. The molecule has 25 heavy (non-hydrogen) atoms. The second-order valence-corrected chi connectivity index (χ2v) is 7.93. The van der Waals surface area contributed by atoms with Crippen molar-refractivity contribution in [1.82, 2.24) is 9.30 Å². The minimum atomic E-state index is 0.247. The second-order valence-electron chi connectivity index (χ2n) is 7.93. The standard InChI is InChI=1S/C23H30N2/c1-4-12-23(13-5-2)14-11-20-21(22(23)24-15-8-9-16-24)18(3)19-10-6-7-17-25(19)20/h4-7,10,17,22H,1-2,8-9,11-16H2,3H3. The molecule has 1 fully saturated rings. The molecule has 0 aromatic carbocycles. The number of hydrogen-bond donors (Lipinski definition) is 0. The Labute approximate surface area is 151 Å². The molecule has 1 unspecified atom stereocenters. The summed E-state index contributed by atoms with van der Waals surface area (Å²) in [5, 5.41) is 0. The van der Waals surface area contributed by atoms with Crippen molar-refractivity contribution in [3.05, 3.63) is 66.5 Å². The van der Waals surface area contributed by atoms with Gasteiger partial charge in [-0.05, 0) is 87.2 Å². The molecule has 1 atom stereocenters. The number of aromatic nitrogens is 1. The third-order valence-electron chi connectivity index (χ3n) is 6.57. The van der Waals surface area contributed by atoms with Crippen LogP contribution >= 0.6 is 0 Å². The molecule has 1 saturated heterocycles. The summed E-state index contributed by atoms with van der Waals surface area (Å²) in [7, 11) is 0. The lowest BCUT2D eigenvalue weighted by Crippen LogP contribution is -2.43. The summed E-state index contributed by atoms with van der Waals surface area (Å²) in [6.07, 6.45) is 13.7. The van der Waals surface area contributed by atoms with Crippen molar-refractivity contribution in [1.29, 1.82) is 0 Å². The number of fused-ring (bicyclic) bond motifs is 3. The average Bonchev–Trinajstić information content (AvgIpc) is 3.24. The topological polar surface area (TPSA) is 7.65 Å². The van der Waals surface area contributed by atoms with E-state index in [1.807, 2.05) is 0 Å². The third-order valence-corrected chi connectivity index (χ3v) is 6.57. The van der Waals surface area contributed by atoms with Crippen LogP contribution in [0.15, 0.2) is 49.7 Å². The number of pyridine rings is 1. The molecule has 0 saturated carbocycles. The van der Waals surface area contributed by atoms with Gasteiger partial charge in [-0.1, -0.05) is 18.2 Å². The predicted octanol–water partition coefficient (Wildman–Crippen LogP) is 5.47. The summed E-state index contributed by atoms with van der Waals surface area (Å²) in [5.74, 6) is 0. The minimum Gasteiger partial charge on any atom is -0.320 e. The van der Waals surface area contributed by atoms with E-state index in [1.165, 1.54) is 49.1 Å². The van der Waals surface area contributed by atoms with E-state index < -0.39 is 0 Å². The van der Waals surface area contributed by atoms with Crippen LogP contribution in [0.5, 0.6) is 0 Å². The van der Waals surface area contributed by atoms with Crippen LogP contribution in [0.1, 0.15) is 55.0 Å². The number of nitrogens with zero attached hydrogens (tertiary/aromatic N) is 2. The molecule has 0 radical (unpaired) electrons. The Morgan fingerprint density at radius 3 is 2.56 bits per heavy atom. The second kappa shape index (κ2) is 6.49. The van der Waals surface area contributed by atoms with Crippen molar-refractivity contribution < 1.29 is 0 Å². The number of rotatable bonds is 5. The maximum Gasteiger partial charge on any atom is 0.0485 e. The van der Waals surface area contributed by atoms with Crippen LogP contribution in [-0.4, -0.2) is 22.4 Å². The van der Waals surface area contributed by atoms with E-state index >= 15 is 0 Å². The summed E-state index contributed by atoms with van der Waals surface area (Å²) in [4.78, 5) is 2.76. The highest BCUT2D eigenvalue weighted by Crippen LogP contribution is 2.54. The molecule has 2 heteroatoms. The molecule has 0 spiro atoms. The zero-order valence-corrected chi connectivity index (χ0v) is 15.5. The zero-order valence-electron chi connectivity index (χ0n) is 15.5. The van der Waals surface area contributed by atoms with Crippen LogP contribution in [0.4, 0.5) is 0 Å². The van der Waals surface area contributed by atoms with Gasteiger partial charge in [-0.15, -0.1) is 13.2 Å². The van der Waals surface area contributed by atoms with E-state index in [9.17, 15) is 0 Å². The van der Waals surface area contributed by atoms with Crippen molar-refractivity contribution in [2.75, 3.05) is 13.1 Å². The number of aryl methyl sites for hydroxylation is 2.